The van der Waals surface area contributed by atoms with Crippen molar-refractivity contribution in [2.24, 2.45) is 5.41 Å². The lowest BCUT2D eigenvalue weighted by Crippen LogP contribution is -2.48. The van der Waals surface area contributed by atoms with Crippen LogP contribution in [0.5, 0.6) is 0 Å². The van der Waals surface area contributed by atoms with Crippen molar-refractivity contribution in [3.8, 4) is 11.3 Å². The smallest absolute Gasteiger partial charge is 0.266 e. The zero-order valence-corrected chi connectivity index (χ0v) is 12.6. The first-order valence-corrected chi connectivity index (χ1v) is 7.30. The predicted molar refractivity (Wildman–Crippen MR) is 81.0 cm³/mol. The van der Waals surface area contributed by atoms with Gasteiger partial charge in [-0.3, -0.25) is 4.79 Å². The number of halogens is 2. The molecule has 0 amide bonds. The first kappa shape index (κ1) is 14.9. The summed E-state index contributed by atoms with van der Waals surface area (Å²) in [7, 11) is 0. The van der Waals surface area contributed by atoms with E-state index in [0.29, 0.717) is 5.69 Å². The van der Waals surface area contributed by atoms with E-state index in [9.17, 15) is 13.6 Å². The van der Waals surface area contributed by atoms with E-state index in [2.05, 4.69) is 5.10 Å². The minimum Gasteiger partial charge on any atom is -0.268 e. The van der Waals surface area contributed by atoms with Gasteiger partial charge in [0.05, 0.1) is 12.2 Å². The highest BCUT2D eigenvalue weighted by atomic mass is 19.3. The normalized spacial score (nSPS) is 18.7. The van der Waals surface area contributed by atoms with E-state index >= 15 is 0 Å². The molecule has 2 aromatic rings. The van der Waals surface area contributed by atoms with Crippen LogP contribution in [0.4, 0.5) is 8.78 Å². The Bertz CT molecular complexity index is 742. The molecular weight excluding hydrogens is 286 g/mol. The Morgan fingerprint density at radius 3 is 2.36 bits per heavy atom. The van der Waals surface area contributed by atoms with E-state index in [4.69, 9.17) is 0 Å². The summed E-state index contributed by atoms with van der Waals surface area (Å²) in [6.45, 7) is 3.99. The van der Waals surface area contributed by atoms with Gasteiger partial charge in [0.25, 0.3) is 5.56 Å². The second-order valence-electron chi connectivity index (χ2n) is 6.60. The van der Waals surface area contributed by atoms with Crippen LogP contribution < -0.4 is 5.56 Å². The monoisotopic (exact) mass is 304 g/mol. The molecule has 1 aromatic heterocycles. The zero-order chi connectivity index (χ0) is 16.0. The Labute approximate surface area is 127 Å². The Kier molecular flexibility index (Phi) is 3.38. The average molecular weight is 304 g/mol. The maximum absolute atomic E-state index is 13.1. The van der Waals surface area contributed by atoms with Gasteiger partial charge in [0, 0.05) is 24.5 Å². The summed E-state index contributed by atoms with van der Waals surface area (Å²) in [5, 5.41) is 4.35. The van der Waals surface area contributed by atoms with Gasteiger partial charge in [0.15, 0.2) is 0 Å². The van der Waals surface area contributed by atoms with Gasteiger partial charge in [-0.15, -0.1) is 0 Å². The Morgan fingerprint density at radius 2 is 1.77 bits per heavy atom. The fourth-order valence-corrected chi connectivity index (χ4v) is 3.11. The first-order valence-electron chi connectivity index (χ1n) is 7.30. The van der Waals surface area contributed by atoms with Crippen LogP contribution in [0.25, 0.3) is 11.3 Å². The molecule has 0 aliphatic heterocycles. The van der Waals surface area contributed by atoms with Crippen molar-refractivity contribution in [3.05, 3.63) is 52.3 Å². The Morgan fingerprint density at radius 1 is 1.14 bits per heavy atom. The standard InChI is InChI=1S/C17H18F2N2O/c1-12-3-5-13(6-4-12)14-7-8-15(22)21(20-14)11-16(2)9-17(18,19)10-16/h3-8H,9-11H2,1-2H3. The van der Waals surface area contributed by atoms with Crippen molar-refractivity contribution in [1.29, 1.82) is 0 Å². The van der Waals surface area contributed by atoms with Gasteiger partial charge >= 0.3 is 0 Å². The van der Waals surface area contributed by atoms with Crippen LogP contribution in [0, 0.1) is 12.3 Å². The highest BCUT2D eigenvalue weighted by Crippen LogP contribution is 2.52. The van der Waals surface area contributed by atoms with E-state index < -0.39 is 11.3 Å². The molecule has 116 valence electrons. The molecule has 0 radical (unpaired) electrons. The molecule has 1 aliphatic rings. The lowest BCUT2D eigenvalue weighted by molar-refractivity contribution is -0.160. The van der Waals surface area contributed by atoms with Gasteiger partial charge in [0.2, 0.25) is 5.92 Å². The maximum atomic E-state index is 13.1. The number of aryl methyl sites for hydroxylation is 1. The molecule has 22 heavy (non-hydrogen) atoms. The molecule has 0 N–H and O–H groups in total. The fraction of sp³-hybridized carbons (Fsp3) is 0.412. The van der Waals surface area contributed by atoms with Gasteiger partial charge in [-0.05, 0) is 18.4 Å². The minimum atomic E-state index is -2.60. The molecular formula is C17H18F2N2O. The van der Waals surface area contributed by atoms with E-state index in [1.165, 1.54) is 10.7 Å². The van der Waals surface area contributed by atoms with Crippen molar-refractivity contribution in [2.75, 3.05) is 0 Å². The third-order valence-corrected chi connectivity index (χ3v) is 4.12. The zero-order valence-electron chi connectivity index (χ0n) is 12.6. The van der Waals surface area contributed by atoms with Crippen LogP contribution in [-0.4, -0.2) is 15.7 Å². The SMILES string of the molecule is Cc1ccc(-c2ccc(=O)n(CC3(C)CC(F)(F)C3)n2)cc1. The maximum Gasteiger partial charge on any atom is 0.266 e. The molecule has 1 aromatic carbocycles. The van der Waals surface area contributed by atoms with Gasteiger partial charge in [0.1, 0.15) is 0 Å². The highest BCUT2D eigenvalue weighted by molar-refractivity contribution is 5.58. The molecule has 1 heterocycles. The largest absolute Gasteiger partial charge is 0.268 e. The molecule has 0 saturated heterocycles. The van der Waals surface area contributed by atoms with Crippen LogP contribution >= 0.6 is 0 Å². The molecule has 0 spiro atoms. The number of hydrogen-bond donors (Lipinski definition) is 0. The molecule has 1 aliphatic carbocycles. The van der Waals surface area contributed by atoms with Crippen LogP contribution in [0.2, 0.25) is 0 Å². The summed E-state index contributed by atoms with van der Waals surface area (Å²) in [5.74, 6) is -2.60. The van der Waals surface area contributed by atoms with Crippen molar-refractivity contribution in [1.82, 2.24) is 9.78 Å². The van der Waals surface area contributed by atoms with Gasteiger partial charge < -0.3 is 0 Å². The third kappa shape index (κ3) is 2.93. The predicted octanol–water partition coefficient (Wildman–Crippen LogP) is 3.65. The molecule has 0 unspecified atom stereocenters. The molecule has 1 saturated carbocycles. The third-order valence-electron chi connectivity index (χ3n) is 4.12. The molecule has 5 heteroatoms. The number of benzene rings is 1. The highest BCUT2D eigenvalue weighted by Gasteiger charge is 2.53. The summed E-state index contributed by atoms with van der Waals surface area (Å²) >= 11 is 0. The summed E-state index contributed by atoms with van der Waals surface area (Å²) < 4.78 is 27.5. The average Bonchev–Trinajstić information content (AvgIpc) is 2.40. The second kappa shape index (κ2) is 5.00. The summed E-state index contributed by atoms with van der Waals surface area (Å²) in [6, 6.07) is 10.9. The van der Waals surface area contributed by atoms with Crippen LogP contribution in [0.1, 0.15) is 25.3 Å². The van der Waals surface area contributed by atoms with Crippen LogP contribution in [0.15, 0.2) is 41.2 Å². The number of aromatic nitrogens is 2. The van der Waals surface area contributed by atoms with Crippen molar-refractivity contribution in [2.45, 2.75) is 39.2 Å². The first-order chi connectivity index (χ1) is 10.3. The van der Waals surface area contributed by atoms with E-state index in [1.807, 2.05) is 31.2 Å². The van der Waals surface area contributed by atoms with Gasteiger partial charge in [-0.2, -0.15) is 5.10 Å². The molecule has 0 bridgehead atoms. The molecule has 3 rings (SSSR count). The number of nitrogens with zero attached hydrogens (tertiary/aromatic N) is 2. The topological polar surface area (TPSA) is 34.9 Å². The molecule has 0 atom stereocenters. The Hall–Kier alpha value is -2.04. The van der Waals surface area contributed by atoms with Crippen LogP contribution in [-0.2, 0) is 6.54 Å². The second-order valence-corrected chi connectivity index (χ2v) is 6.60. The summed E-state index contributed by atoms with van der Waals surface area (Å²) in [6.07, 6.45) is -0.383. The number of rotatable bonds is 3. The van der Waals surface area contributed by atoms with E-state index in [-0.39, 0.29) is 24.9 Å². The van der Waals surface area contributed by atoms with Crippen molar-refractivity contribution < 1.29 is 8.78 Å². The van der Waals surface area contributed by atoms with Crippen molar-refractivity contribution in [3.63, 3.8) is 0 Å². The summed E-state index contributed by atoms with van der Waals surface area (Å²) in [4.78, 5) is 11.9. The van der Waals surface area contributed by atoms with E-state index in [0.717, 1.165) is 11.1 Å². The van der Waals surface area contributed by atoms with Crippen LogP contribution in [0.3, 0.4) is 0 Å². The summed E-state index contributed by atoms with van der Waals surface area (Å²) in [5.41, 5.74) is 1.90. The number of alkyl halides is 2. The van der Waals surface area contributed by atoms with Gasteiger partial charge in [-0.25, -0.2) is 13.5 Å². The van der Waals surface area contributed by atoms with Crippen molar-refractivity contribution >= 4 is 0 Å². The lowest BCUT2D eigenvalue weighted by atomic mass is 9.67. The lowest BCUT2D eigenvalue weighted by Gasteiger charge is -2.44. The van der Waals surface area contributed by atoms with E-state index in [1.54, 1.807) is 13.0 Å². The quantitative estimate of drug-likeness (QED) is 0.867. The fourth-order valence-electron chi connectivity index (χ4n) is 3.11. The minimum absolute atomic E-state index is 0.192. The molecule has 1 fully saturated rings. The molecule has 3 nitrogen and oxygen atoms in total. The van der Waals surface area contributed by atoms with Gasteiger partial charge in [-0.1, -0.05) is 36.8 Å². The number of hydrogen-bond acceptors (Lipinski definition) is 2. The Balaban J connectivity index is 1.88.